The summed E-state index contributed by atoms with van der Waals surface area (Å²) in [5, 5.41) is 2.78. The molecule has 11 nitrogen and oxygen atoms in total. The Bertz CT molecular complexity index is 877. The zero-order chi connectivity index (χ0) is 36.6. The largest absolute Gasteiger partial charge is 0.462 e. The number of hydrogen-bond donors (Lipinski definition) is 4. The Morgan fingerprint density at radius 1 is 0.714 bits per heavy atom. The number of nitrogens with one attached hydrogen (secondary N) is 1. The lowest BCUT2D eigenvalue weighted by Gasteiger charge is -2.20. The Morgan fingerprint density at radius 3 is 1.71 bits per heavy atom. The molecule has 3 atom stereocenters. The standard InChI is InChI=1S/C36H71N2O9PS/c1-4-6-8-10-12-14-16-18-20-23-34(39)46-28-32(47-35(40)24-21-19-17-15-13-11-9-7-5-2)29-49-30-33(37)36(41)38-31(3)27-45-25-22-26-48(42,43)44/h31-33H,4-30,37H2,1-3H3,(H,38,41)(H2,42,43,44)/t31-,32-,33-/m1/s1. The molecule has 0 rings (SSSR count). The molecule has 0 heterocycles. The van der Waals surface area contributed by atoms with E-state index in [-0.39, 0.29) is 62.0 Å². The molecule has 13 heteroatoms. The van der Waals surface area contributed by atoms with Gasteiger partial charge in [-0.3, -0.25) is 18.9 Å². The van der Waals surface area contributed by atoms with E-state index in [1.165, 1.54) is 88.8 Å². The molecule has 0 unspecified atom stereocenters. The minimum absolute atomic E-state index is 0.0232. The molecule has 0 bridgehead atoms. The van der Waals surface area contributed by atoms with Crippen LogP contribution in [0, 0.1) is 0 Å². The lowest BCUT2D eigenvalue weighted by molar-refractivity contribution is -0.157. The first-order chi connectivity index (χ1) is 23.5. The van der Waals surface area contributed by atoms with Crippen LogP contribution in [0.3, 0.4) is 0 Å². The third kappa shape index (κ3) is 33.7. The predicted octanol–water partition coefficient (Wildman–Crippen LogP) is 7.43. The van der Waals surface area contributed by atoms with E-state index in [2.05, 4.69) is 19.2 Å². The topological polar surface area (TPSA) is 174 Å². The molecule has 290 valence electrons. The van der Waals surface area contributed by atoms with Crippen molar-refractivity contribution in [3.63, 3.8) is 0 Å². The second-order valence-corrected chi connectivity index (χ2v) is 16.2. The molecule has 49 heavy (non-hydrogen) atoms. The number of ether oxygens (including phenoxy) is 3. The van der Waals surface area contributed by atoms with Crippen molar-refractivity contribution in [3.8, 4) is 0 Å². The van der Waals surface area contributed by atoms with E-state index in [4.69, 9.17) is 29.7 Å². The number of hydrogen-bond acceptors (Lipinski definition) is 9. The van der Waals surface area contributed by atoms with Gasteiger partial charge in [0, 0.05) is 37.0 Å². The summed E-state index contributed by atoms with van der Waals surface area (Å²) in [7, 11) is -4.05. The van der Waals surface area contributed by atoms with Gasteiger partial charge in [-0.15, -0.1) is 0 Å². The number of amides is 1. The van der Waals surface area contributed by atoms with Crippen LogP contribution in [0.4, 0.5) is 0 Å². The summed E-state index contributed by atoms with van der Waals surface area (Å²) in [5.41, 5.74) is 6.11. The maximum Gasteiger partial charge on any atom is 0.325 e. The van der Waals surface area contributed by atoms with Crippen LogP contribution in [-0.4, -0.2) is 83.3 Å². The highest BCUT2D eigenvalue weighted by molar-refractivity contribution is 7.99. The van der Waals surface area contributed by atoms with Crippen molar-refractivity contribution in [2.24, 2.45) is 5.73 Å². The van der Waals surface area contributed by atoms with E-state index in [1.54, 1.807) is 6.92 Å². The Morgan fingerprint density at radius 2 is 1.20 bits per heavy atom. The normalized spacial score (nSPS) is 13.5. The summed E-state index contributed by atoms with van der Waals surface area (Å²) < 4.78 is 27.5. The van der Waals surface area contributed by atoms with Gasteiger partial charge in [0.25, 0.3) is 0 Å². The fraction of sp³-hybridized carbons (Fsp3) is 0.917. The smallest absolute Gasteiger partial charge is 0.325 e. The van der Waals surface area contributed by atoms with Crippen molar-refractivity contribution < 1.29 is 42.9 Å². The lowest BCUT2D eigenvalue weighted by atomic mass is 10.1. The molecule has 5 N–H and O–H groups in total. The van der Waals surface area contributed by atoms with Crippen LogP contribution in [0.1, 0.15) is 156 Å². The number of thioether (sulfide) groups is 1. The van der Waals surface area contributed by atoms with Gasteiger partial charge >= 0.3 is 19.5 Å². The lowest BCUT2D eigenvalue weighted by Crippen LogP contribution is -2.47. The van der Waals surface area contributed by atoms with Crippen molar-refractivity contribution >= 4 is 37.2 Å². The third-order valence-electron chi connectivity index (χ3n) is 8.13. The summed E-state index contributed by atoms with van der Waals surface area (Å²) in [6.07, 6.45) is 20.9. The summed E-state index contributed by atoms with van der Waals surface area (Å²) in [6, 6.07) is -1.15. The highest BCUT2D eigenvalue weighted by Crippen LogP contribution is 2.34. The molecule has 0 aromatic rings. The highest BCUT2D eigenvalue weighted by atomic mass is 32.2. The van der Waals surface area contributed by atoms with Gasteiger partial charge in [-0.05, 0) is 26.2 Å². The Hall–Kier alpha value is -1.17. The SMILES string of the molecule is CCCCCCCCCCCC(=O)OC[C@H](CSC[C@@H](N)C(=O)N[C@H](C)COCCCP(=O)(O)O)OC(=O)CCCCCCCCCCC. The zero-order valence-electron chi connectivity index (χ0n) is 31.0. The Kier molecular flexibility index (Phi) is 31.9. The van der Waals surface area contributed by atoms with Crippen LogP contribution in [-0.2, 0) is 33.2 Å². The molecule has 0 saturated carbocycles. The van der Waals surface area contributed by atoms with Crippen LogP contribution in [0.15, 0.2) is 0 Å². The van der Waals surface area contributed by atoms with Crippen molar-refractivity contribution in [1.82, 2.24) is 5.32 Å². The van der Waals surface area contributed by atoms with Crippen molar-refractivity contribution in [1.29, 1.82) is 0 Å². The molecule has 1 amide bonds. The summed E-state index contributed by atoms with van der Waals surface area (Å²) in [4.78, 5) is 55.5. The van der Waals surface area contributed by atoms with Gasteiger partial charge < -0.3 is 35.0 Å². The van der Waals surface area contributed by atoms with Gasteiger partial charge in [0.1, 0.15) is 12.7 Å². The highest BCUT2D eigenvalue weighted by Gasteiger charge is 2.21. The fourth-order valence-corrected chi connectivity index (χ4v) is 6.72. The first-order valence-electron chi connectivity index (χ1n) is 19.1. The molecule has 0 aromatic carbocycles. The van der Waals surface area contributed by atoms with Crippen LogP contribution >= 0.6 is 19.4 Å². The molecule has 0 fully saturated rings. The van der Waals surface area contributed by atoms with Crippen LogP contribution in [0.25, 0.3) is 0 Å². The van der Waals surface area contributed by atoms with Crippen molar-refractivity contribution in [3.05, 3.63) is 0 Å². The molecule has 0 aliphatic carbocycles. The van der Waals surface area contributed by atoms with Crippen molar-refractivity contribution in [2.45, 2.75) is 174 Å². The van der Waals surface area contributed by atoms with E-state index in [0.717, 1.165) is 38.5 Å². The second kappa shape index (κ2) is 32.7. The number of unbranched alkanes of at least 4 members (excludes halogenated alkanes) is 16. The molecule has 0 aliphatic rings. The van der Waals surface area contributed by atoms with Crippen LogP contribution in [0.5, 0.6) is 0 Å². The van der Waals surface area contributed by atoms with E-state index < -0.39 is 19.7 Å². The van der Waals surface area contributed by atoms with E-state index in [9.17, 15) is 18.9 Å². The number of rotatable bonds is 35. The van der Waals surface area contributed by atoms with E-state index >= 15 is 0 Å². The van der Waals surface area contributed by atoms with E-state index in [1.807, 2.05) is 0 Å². The van der Waals surface area contributed by atoms with Crippen LogP contribution < -0.4 is 11.1 Å². The van der Waals surface area contributed by atoms with Gasteiger partial charge in [-0.1, -0.05) is 117 Å². The molecule has 0 aromatic heterocycles. The average Bonchev–Trinajstić information content (AvgIpc) is 3.04. The number of nitrogens with two attached hydrogens (primary N) is 1. The number of carbonyl (C=O) groups is 3. The molecule has 0 saturated heterocycles. The Balaban J connectivity index is 4.58. The fourth-order valence-electron chi connectivity index (χ4n) is 5.21. The zero-order valence-corrected chi connectivity index (χ0v) is 32.7. The quantitative estimate of drug-likeness (QED) is 0.0289. The maximum absolute atomic E-state index is 12.7. The van der Waals surface area contributed by atoms with Crippen LogP contribution in [0.2, 0.25) is 0 Å². The average molecular weight is 739 g/mol. The first kappa shape index (κ1) is 47.8. The van der Waals surface area contributed by atoms with Gasteiger partial charge in [-0.25, -0.2) is 0 Å². The predicted molar refractivity (Wildman–Crippen MR) is 200 cm³/mol. The van der Waals surface area contributed by atoms with Gasteiger partial charge in [0.2, 0.25) is 5.91 Å². The monoisotopic (exact) mass is 738 g/mol. The summed E-state index contributed by atoms with van der Waals surface area (Å²) >= 11 is 1.36. The summed E-state index contributed by atoms with van der Waals surface area (Å²) in [5.74, 6) is -0.332. The minimum Gasteiger partial charge on any atom is -0.462 e. The number of esters is 2. The van der Waals surface area contributed by atoms with Gasteiger partial charge in [0.15, 0.2) is 0 Å². The number of carbonyl (C=O) groups excluding carboxylic acids is 3. The Labute approximate surface area is 301 Å². The van der Waals surface area contributed by atoms with Gasteiger partial charge in [0.05, 0.1) is 18.8 Å². The van der Waals surface area contributed by atoms with Gasteiger partial charge in [-0.2, -0.15) is 11.8 Å². The molecule has 0 radical (unpaired) electrons. The van der Waals surface area contributed by atoms with E-state index in [0.29, 0.717) is 18.6 Å². The molecular formula is C36H71N2O9PS. The second-order valence-electron chi connectivity index (χ2n) is 13.3. The maximum atomic E-state index is 12.7. The van der Waals surface area contributed by atoms with Crippen molar-refractivity contribution in [2.75, 3.05) is 37.5 Å². The molecular weight excluding hydrogens is 667 g/mol. The minimum atomic E-state index is -4.05. The third-order valence-corrected chi connectivity index (χ3v) is 10.2. The molecule has 0 spiro atoms. The molecule has 0 aliphatic heterocycles. The first-order valence-corrected chi connectivity index (χ1v) is 22.0. The summed E-state index contributed by atoms with van der Waals surface area (Å²) in [6.45, 7) is 6.53.